The van der Waals surface area contributed by atoms with Crippen LogP contribution in [0.25, 0.3) is 0 Å². The van der Waals surface area contributed by atoms with Gasteiger partial charge in [0.2, 0.25) is 0 Å². The number of hydrogen-bond acceptors (Lipinski definition) is 3. The topological polar surface area (TPSA) is 98.7 Å². The number of carbonyl (C=O) groups excluding carboxylic acids is 1. The predicted octanol–water partition coefficient (Wildman–Crippen LogP) is 1.71. The Morgan fingerprint density at radius 3 is 2.68 bits per heavy atom. The number of nitrogens with one attached hydrogen (secondary N) is 2. The SMILES string of the molecule is Cc1ccc(Br)cc1NC(=O)N[C@@H](CCO)C(=O)O. The maximum absolute atomic E-state index is 11.7. The van der Waals surface area contributed by atoms with Crippen LogP contribution >= 0.6 is 15.9 Å². The van der Waals surface area contributed by atoms with E-state index in [1.807, 2.05) is 19.1 Å². The summed E-state index contributed by atoms with van der Waals surface area (Å²) in [6.45, 7) is 1.51. The zero-order chi connectivity index (χ0) is 14.4. The first kappa shape index (κ1) is 15.5. The Morgan fingerprint density at radius 1 is 1.42 bits per heavy atom. The lowest BCUT2D eigenvalue weighted by molar-refractivity contribution is -0.139. The summed E-state index contributed by atoms with van der Waals surface area (Å²) >= 11 is 3.29. The first-order valence-electron chi connectivity index (χ1n) is 5.61. The number of carboxylic acids is 1. The molecular formula is C12H15BrN2O4. The summed E-state index contributed by atoms with van der Waals surface area (Å²) in [6.07, 6.45) is -0.0414. The Hall–Kier alpha value is -1.60. The van der Waals surface area contributed by atoms with Crippen LogP contribution in [0.3, 0.4) is 0 Å². The molecule has 0 aromatic heterocycles. The minimum atomic E-state index is -1.19. The molecule has 2 amide bonds. The third-order valence-electron chi connectivity index (χ3n) is 2.47. The summed E-state index contributed by atoms with van der Waals surface area (Å²) in [7, 11) is 0. The highest BCUT2D eigenvalue weighted by Crippen LogP contribution is 2.20. The summed E-state index contributed by atoms with van der Waals surface area (Å²) in [5, 5.41) is 22.4. The Kier molecular flexibility index (Phi) is 5.78. The Balaban J connectivity index is 2.68. The number of benzene rings is 1. The third kappa shape index (κ3) is 4.88. The molecule has 7 heteroatoms. The zero-order valence-corrected chi connectivity index (χ0v) is 11.9. The minimum Gasteiger partial charge on any atom is -0.480 e. The van der Waals surface area contributed by atoms with Gasteiger partial charge in [-0.15, -0.1) is 0 Å². The highest BCUT2D eigenvalue weighted by molar-refractivity contribution is 9.10. The first-order chi connectivity index (χ1) is 8.93. The van der Waals surface area contributed by atoms with Crippen molar-refractivity contribution in [2.45, 2.75) is 19.4 Å². The average molecular weight is 331 g/mol. The van der Waals surface area contributed by atoms with Gasteiger partial charge in [0.15, 0.2) is 0 Å². The molecule has 0 aliphatic heterocycles. The van der Waals surface area contributed by atoms with Gasteiger partial charge in [-0.05, 0) is 24.6 Å². The van der Waals surface area contributed by atoms with E-state index in [4.69, 9.17) is 10.2 Å². The van der Waals surface area contributed by atoms with Crippen LogP contribution in [0.5, 0.6) is 0 Å². The number of aliphatic carboxylic acids is 1. The second-order valence-corrected chi connectivity index (χ2v) is 4.88. The van der Waals surface area contributed by atoms with E-state index in [-0.39, 0.29) is 13.0 Å². The monoisotopic (exact) mass is 330 g/mol. The second kappa shape index (κ2) is 7.10. The van der Waals surface area contributed by atoms with Gasteiger partial charge in [-0.1, -0.05) is 22.0 Å². The van der Waals surface area contributed by atoms with Gasteiger partial charge in [0.05, 0.1) is 0 Å². The van der Waals surface area contributed by atoms with Gasteiger partial charge in [-0.25, -0.2) is 9.59 Å². The molecule has 0 aliphatic carbocycles. The van der Waals surface area contributed by atoms with Gasteiger partial charge in [0.25, 0.3) is 0 Å². The molecule has 6 nitrogen and oxygen atoms in total. The molecule has 1 atom stereocenters. The number of carboxylic acid groups (broad SMARTS) is 1. The Bertz CT molecular complexity index is 479. The molecule has 0 spiro atoms. The van der Waals surface area contributed by atoms with E-state index < -0.39 is 18.0 Å². The lowest BCUT2D eigenvalue weighted by Gasteiger charge is -2.15. The number of hydrogen-bond donors (Lipinski definition) is 4. The van der Waals surface area contributed by atoms with Crippen LogP contribution in [-0.2, 0) is 4.79 Å². The standard InChI is InChI=1S/C12H15BrN2O4/c1-7-2-3-8(13)6-10(7)15-12(19)14-9(4-5-16)11(17)18/h2-3,6,9,16H,4-5H2,1H3,(H,17,18)(H2,14,15,19)/t9-/m0/s1. The maximum Gasteiger partial charge on any atom is 0.326 e. The molecular weight excluding hydrogens is 316 g/mol. The van der Waals surface area contributed by atoms with Crippen LogP contribution in [0, 0.1) is 6.92 Å². The highest BCUT2D eigenvalue weighted by atomic mass is 79.9. The molecule has 0 aliphatic rings. The van der Waals surface area contributed by atoms with Crippen molar-refractivity contribution in [2.75, 3.05) is 11.9 Å². The Morgan fingerprint density at radius 2 is 2.11 bits per heavy atom. The summed E-state index contributed by atoms with van der Waals surface area (Å²) in [5.41, 5.74) is 1.44. The molecule has 1 aromatic carbocycles. The molecule has 0 saturated carbocycles. The molecule has 0 saturated heterocycles. The number of halogens is 1. The zero-order valence-electron chi connectivity index (χ0n) is 10.3. The van der Waals surface area contributed by atoms with Gasteiger partial charge >= 0.3 is 12.0 Å². The van der Waals surface area contributed by atoms with Crippen molar-refractivity contribution < 1.29 is 19.8 Å². The number of aliphatic hydroxyl groups is 1. The summed E-state index contributed by atoms with van der Waals surface area (Å²) < 4.78 is 0.804. The van der Waals surface area contributed by atoms with E-state index in [0.717, 1.165) is 10.0 Å². The van der Waals surface area contributed by atoms with Crippen molar-refractivity contribution in [3.8, 4) is 0 Å². The largest absolute Gasteiger partial charge is 0.480 e. The number of anilines is 1. The van der Waals surface area contributed by atoms with Crippen molar-refractivity contribution in [1.29, 1.82) is 0 Å². The molecule has 0 radical (unpaired) electrons. The molecule has 0 fully saturated rings. The number of amides is 2. The van der Waals surface area contributed by atoms with Gasteiger partial charge in [0, 0.05) is 23.2 Å². The lowest BCUT2D eigenvalue weighted by atomic mass is 10.2. The van der Waals surface area contributed by atoms with E-state index in [1.54, 1.807) is 6.07 Å². The van der Waals surface area contributed by atoms with E-state index in [9.17, 15) is 9.59 Å². The average Bonchev–Trinajstić information content (AvgIpc) is 2.33. The van der Waals surface area contributed by atoms with Crippen LogP contribution in [-0.4, -0.2) is 34.9 Å². The van der Waals surface area contributed by atoms with Crippen LogP contribution in [0.1, 0.15) is 12.0 Å². The number of urea groups is 1. The summed E-state index contributed by atoms with van der Waals surface area (Å²) in [4.78, 5) is 22.5. The highest BCUT2D eigenvalue weighted by Gasteiger charge is 2.19. The maximum atomic E-state index is 11.7. The van der Waals surface area contributed by atoms with Gasteiger partial charge in [-0.2, -0.15) is 0 Å². The van der Waals surface area contributed by atoms with E-state index in [2.05, 4.69) is 26.6 Å². The Labute approximate surface area is 118 Å². The van der Waals surface area contributed by atoms with E-state index in [0.29, 0.717) is 5.69 Å². The molecule has 19 heavy (non-hydrogen) atoms. The van der Waals surface area contributed by atoms with Crippen LogP contribution in [0.2, 0.25) is 0 Å². The molecule has 0 unspecified atom stereocenters. The summed E-state index contributed by atoms with van der Waals surface area (Å²) in [6, 6.07) is 3.64. The number of aryl methyl sites for hydroxylation is 1. The molecule has 0 bridgehead atoms. The van der Waals surface area contributed by atoms with E-state index >= 15 is 0 Å². The number of rotatable bonds is 5. The number of aliphatic hydroxyl groups excluding tert-OH is 1. The first-order valence-corrected chi connectivity index (χ1v) is 6.40. The van der Waals surface area contributed by atoms with Crippen LogP contribution < -0.4 is 10.6 Å². The van der Waals surface area contributed by atoms with Crippen molar-refractivity contribution in [2.24, 2.45) is 0 Å². The normalized spacial score (nSPS) is 11.7. The predicted molar refractivity (Wildman–Crippen MR) is 74.2 cm³/mol. The fraction of sp³-hybridized carbons (Fsp3) is 0.333. The smallest absolute Gasteiger partial charge is 0.326 e. The van der Waals surface area contributed by atoms with Gasteiger partial charge < -0.3 is 20.8 Å². The van der Waals surface area contributed by atoms with Crippen LogP contribution in [0.15, 0.2) is 22.7 Å². The molecule has 104 valence electrons. The fourth-order valence-corrected chi connectivity index (χ4v) is 1.79. The molecule has 1 rings (SSSR count). The van der Waals surface area contributed by atoms with Gasteiger partial charge in [-0.3, -0.25) is 0 Å². The third-order valence-corrected chi connectivity index (χ3v) is 2.96. The quantitative estimate of drug-likeness (QED) is 0.660. The minimum absolute atomic E-state index is 0.0414. The van der Waals surface area contributed by atoms with E-state index in [1.165, 1.54) is 0 Å². The summed E-state index contributed by atoms with van der Waals surface area (Å²) in [5.74, 6) is -1.19. The van der Waals surface area contributed by atoms with Crippen molar-refractivity contribution >= 4 is 33.6 Å². The molecule has 4 N–H and O–H groups in total. The number of carbonyl (C=O) groups is 2. The lowest BCUT2D eigenvalue weighted by Crippen LogP contribution is -2.43. The van der Waals surface area contributed by atoms with Crippen LogP contribution in [0.4, 0.5) is 10.5 Å². The van der Waals surface area contributed by atoms with Crippen molar-refractivity contribution in [1.82, 2.24) is 5.32 Å². The fourth-order valence-electron chi connectivity index (χ4n) is 1.43. The molecule has 1 aromatic rings. The van der Waals surface area contributed by atoms with Crippen molar-refractivity contribution in [3.05, 3.63) is 28.2 Å². The van der Waals surface area contributed by atoms with Crippen molar-refractivity contribution in [3.63, 3.8) is 0 Å². The molecule has 0 heterocycles. The van der Waals surface area contributed by atoms with Gasteiger partial charge in [0.1, 0.15) is 6.04 Å². The second-order valence-electron chi connectivity index (χ2n) is 3.96.